The third-order valence-corrected chi connectivity index (χ3v) is 3.47. The Morgan fingerprint density at radius 2 is 2.06 bits per heavy atom. The molecule has 17 heavy (non-hydrogen) atoms. The van der Waals surface area contributed by atoms with Crippen LogP contribution in [0.5, 0.6) is 0 Å². The van der Waals surface area contributed by atoms with E-state index in [1.54, 1.807) is 24.9 Å². The Bertz CT molecular complexity index is 426. The highest BCUT2D eigenvalue weighted by Crippen LogP contribution is 2.22. The molecule has 4 heteroatoms. The second kappa shape index (κ2) is 4.73. The molecule has 0 saturated heterocycles. The third kappa shape index (κ3) is 2.40. The number of amides is 1. The van der Waals surface area contributed by atoms with Crippen LogP contribution in [0.3, 0.4) is 0 Å². The topological polar surface area (TPSA) is 50.5 Å². The lowest BCUT2D eigenvalue weighted by molar-refractivity contribution is -0.121. The summed E-state index contributed by atoms with van der Waals surface area (Å²) in [4.78, 5) is 25.1. The zero-order chi connectivity index (χ0) is 12.4. The van der Waals surface area contributed by atoms with Crippen LogP contribution in [-0.2, 0) is 4.79 Å². The van der Waals surface area contributed by atoms with Gasteiger partial charge in [0.2, 0.25) is 0 Å². The van der Waals surface area contributed by atoms with Crippen LogP contribution >= 0.6 is 0 Å². The summed E-state index contributed by atoms with van der Waals surface area (Å²) >= 11 is 0. The molecule has 0 atom stereocenters. The quantitative estimate of drug-likeness (QED) is 0.789. The molecular weight excluding hydrogens is 218 g/mol. The van der Waals surface area contributed by atoms with Crippen LogP contribution in [-0.4, -0.2) is 29.7 Å². The van der Waals surface area contributed by atoms with Gasteiger partial charge in [-0.05, 0) is 25.8 Å². The van der Waals surface area contributed by atoms with E-state index in [2.05, 4.69) is 0 Å². The summed E-state index contributed by atoms with van der Waals surface area (Å²) in [6.07, 6.45) is 4.26. The molecule has 0 aliphatic heterocycles. The van der Waals surface area contributed by atoms with Crippen LogP contribution in [0.1, 0.15) is 41.8 Å². The summed E-state index contributed by atoms with van der Waals surface area (Å²) in [6.45, 7) is 1.78. The summed E-state index contributed by atoms with van der Waals surface area (Å²) in [6, 6.07) is 1.87. The van der Waals surface area contributed by atoms with Crippen LogP contribution in [0.25, 0.3) is 0 Å². The monoisotopic (exact) mass is 235 g/mol. The third-order valence-electron chi connectivity index (χ3n) is 3.47. The molecule has 1 saturated carbocycles. The van der Waals surface area contributed by atoms with Crippen molar-refractivity contribution < 1.29 is 14.0 Å². The van der Waals surface area contributed by atoms with Gasteiger partial charge in [0.05, 0.1) is 11.8 Å². The first-order valence-corrected chi connectivity index (χ1v) is 5.92. The number of Topliss-reactive ketones (excluding diaryl/α,β-unsaturated/α-hetero) is 1. The van der Waals surface area contributed by atoms with Crippen molar-refractivity contribution in [3.63, 3.8) is 0 Å². The van der Waals surface area contributed by atoms with Gasteiger partial charge in [0.25, 0.3) is 5.91 Å². The van der Waals surface area contributed by atoms with Gasteiger partial charge in [0.15, 0.2) is 0 Å². The average Bonchev–Trinajstić information content (AvgIpc) is 2.74. The number of carbonyl (C=O) groups excluding carboxylic acids is 2. The summed E-state index contributed by atoms with van der Waals surface area (Å²) in [5.41, 5.74) is 0.615. The van der Waals surface area contributed by atoms with E-state index in [-0.39, 0.29) is 11.9 Å². The number of rotatable bonds is 2. The van der Waals surface area contributed by atoms with Crippen molar-refractivity contribution in [3.8, 4) is 0 Å². The zero-order valence-corrected chi connectivity index (χ0v) is 10.2. The fourth-order valence-corrected chi connectivity index (χ4v) is 2.27. The fourth-order valence-electron chi connectivity index (χ4n) is 2.27. The summed E-state index contributed by atoms with van der Waals surface area (Å²) in [5, 5.41) is 0. The van der Waals surface area contributed by atoms with Gasteiger partial charge in [-0.1, -0.05) is 0 Å². The number of nitrogens with zero attached hydrogens (tertiary/aromatic N) is 1. The lowest BCUT2D eigenvalue weighted by atomic mass is 9.93. The number of furan rings is 1. The largest absolute Gasteiger partial charge is 0.469 e. The molecule has 4 nitrogen and oxygen atoms in total. The smallest absolute Gasteiger partial charge is 0.257 e. The Hall–Kier alpha value is -1.58. The Labute approximate surface area is 101 Å². The predicted molar refractivity (Wildman–Crippen MR) is 62.8 cm³/mol. The zero-order valence-electron chi connectivity index (χ0n) is 10.2. The van der Waals surface area contributed by atoms with E-state index in [9.17, 15) is 9.59 Å². The van der Waals surface area contributed by atoms with Crippen LogP contribution in [0.15, 0.2) is 16.7 Å². The number of hydrogen-bond acceptors (Lipinski definition) is 3. The normalized spacial score (nSPS) is 17.2. The molecule has 1 aliphatic rings. The molecule has 0 radical (unpaired) electrons. The van der Waals surface area contributed by atoms with Gasteiger partial charge in [-0.15, -0.1) is 0 Å². The summed E-state index contributed by atoms with van der Waals surface area (Å²) < 4.78 is 5.14. The van der Waals surface area contributed by atoms with Crippen molar-refractivity contribution >= 4 is 11.7 Å². The second-order valence-corrected chi connectivity index (χ2v) is 4.58. The molecule has 2 rings (SSSR count). The van der Waals surface area contributed by atoms with Crippen LogP contribution in [0.2, 0.25) is 0 Å². The maximum atomic E-state index is 12.2. The SMILES string of the molecule is Cc1occc1C(=O)N(C)C1CCC(=O)CC1. The van der Waals surface area contributed by atoms with E-state index in [1.807, 2.05) is 0 Å². The van der Waals surface area contributed by atoms with Gasteiger partial charge in [-0.3, -0.25) is 9.59 Å². The molecule has 0 bridgehead atoms. The highest BCUT2D eigenvalue weighted by atomic mass is 16.3. The predicted octanol–water partition coefficient (Wildman–Crippen LogP) is 2.17. The fraction of sp³-hybridized carbons (Fsp3) is 0.538. The minimum absolute atomic E-state index is 0.0180. The van der Waals surface area contributed by atoms with Gasteiger partial charge in [-0.2, -0.15) is 0 Å². The van der Waals surface area contributed by atoms with Gasteiger partial charge in [0.1, 0.15) is 11.5 Å². The van der Waals surface area contributed by atoms with Crippen LogP contribution in [0, 0.1) is 6.92 Å². The number of aryl methyl sites for hydroxylation is 1. The molecule has 1 aliphatic carbocycles. The molecule has 0 spiro atoms. The Balaban J connectivity index is 2.05. The van der Waals surface area contributed by atoms with Gasteiger partial charge in [-0.25, -0.2) is 0 Å². The standard InChI is InChI=1S/C13H17NO3/c1-9-12(7-8-17-9)13(16)14(2)10-3-5-11(15)6-4-10/h7-8,10H,3-6H2,1-2H3. The number of hydrogen-bond donors (Lipinski definition) is 0. The molecule has 1 aromatic rings. The maximum absolute atomic E-state index is 12.2. The first-order chi connectivity index (χ1) is 8.09. The molecule has 0 aromatic carbocycles. The lowest BCUT2D eigenvalue weighted by Crippen LogP contribution is -2.39. The van der Waals surface area contributed by atoms with Crippen molar-refractivity contribution in [2.75, 3.05) is 7.05 Å². The first kappa shape index (κ1) is 11.9. The number of carbonyl (C=O) groups is 2. The molecule has 1 heterocycles. The Morgan fingerprint density at radius 3 is 2.59 bits per heavy atom. The van der Waals surface area contributed by atoms with Gasteiger partial charge < -0.3 is 9.32 Å². The number of ketones is 1. The summed E-state index contributed by atoms with van der Waals surface area (Å²) in [5.74, 6) is 0.936. The Morgan fingerprint density at radius 1 is 1.41 bits per heavy atom. The van der Waals surface area contributed by atoms with E-state index in [0.29, 0.717) is 29.9 Å². The second-order valence-electron chi connectivity index (χ2n) is 4.58. The van der Waals surface area contributed by atoms with Crippen molar-refractivity contribution in [2.24, 2.45) is 0 Å². The maximum Gasteiger partial charge on any atom is 0.257 e. The highest BCUT2D eigenvalue weighted by molar-refractivity contribution is 5.95. The van der Waals surface area contributed by atoms with Crippen LogP contribution in [0.4, 0.5) is 0 Å². The summed E-state index contributed by atoms with van der Waals surface area (Å²) in [7, 11) is 1.80. The highest BCUT2D eigenvalue weighted by Gasteiger charge is 2.27. The average molecular weight is 235 g/mol. The van der Waals surface area contributed by atoms with Crippen molar-refractivity contribution in [1.29, 1.82) is 0 Å². The molecule has 1 amide bonds. The van der Waals surface area contributed by atoms with Crippen molar-refractivity contribution in [3.05, 3.63) is 23.7 Å². The van der Waals surface area contributed by atoms with E-state index >= 15 is 0 Å². The molecule has 0 unspecified atom stereocenters. The molecule has 0 N–H and O–H groups in total. The minimum atomic E-state index is -0.0180. The van der Waals surface area contributed by atoms with E-state index in [1.165, 1.54) is 6.26 Å². The van der Waals surface area contributed by atoms with E-state index < -0.39 is 0 Å². The van der Waals surface area contributed by atoms with Crippen molar-refractivity contribution in [2.45, 2.75) is 38.6 Å². The minimum Gasteiger partial charge on any atom is -0.469 e. The lowest BCUT2D eigenvalue weighted by Gasteiger charge is -2.30. The molecule has 92 valence electrons. The van der Waals surface area contributed by atoms with Gasteiger partial charge in [0, 0.05) is 25.9 Å². The van der Waals surface area contributed by atoms with Gasteiger partial charge >= 0.3 is 0 Å². The Kier molecular flexibility index (Phi) is 3.31. The van der Waals surface area contributed by atoms with Crippen LogP contribution < -0.4 is 0 Å². The molecule has 1 aromatic heterocycles. The van der Waals surface area contributed by atoms with E-state index in [4.69, 9.17) is 4.42 Å². The van der Waals surface area contributed by atoms with Crippen molar-refractivity contribution in [1.82, 2.24) is 4.90 Å². The first-order valence-electron chi connectivity index (χ1n) is 5.92. The molecular formula is C13H17NO3. The molecule has 1 fully saturated rings. The van der Waals surface area contributed by atoms with E-state index in [0.717, 1.165) is 12.8 Å².